The zero-order valence-corrected chi connectivity index (χ0v) is 19.5. The number of aliphatic imine (C=N–C) groups is 1. The molecule has 0 saturated carbocycles. The first-order chi connectivity index (χ1) is 13.6. The van der Waals surface area contributed by atoms with Crippen LogP contribution in [0, 0.1) is 0 Å². The molecule has 1 aliphatic rings. The van der Waals surface area contributed by atoms with Crippen molar-refractivity contribution in [1.29, 1.82) is 0 Å². The quantitative estimate of drug-likeness (QED) is 0.314. The molecule has 0 aliphatic carbocycles. The summed E-state index contributed by atoms with van der Waals surface area (Å²) in [7, 11) is 0. The number of nitrogens with zero attached hydrogens (tertiary/aromatic N) is 3. The average molecular weight is 531 g/mol. The summed E-state index contributed by atoms with van der Waals surface area (Å²) in [6, 6.07) is 14.7. The molecule has 0 bridgehead atoms. The largest absolute Gasteiger partial charge is 0.506 e. The lowest BCUT2D eigenvalue weighted by atomic mass is 10.1. The molecule has 1 aliphatic heterocycles. The van der Waals surface area contributed by atoms with Crippen LogP contribution in [-0.2, 0) is 0 Å². The van der Waals surface area contributed by atoms with E-state index in [1.165, 1.54) is 0 Å². The minimum atomic E-state index is -0.745. The van der Waals surface area contributed by atoms with Gasteiger partial charge in [0, 0.05) is 43.3 Å². The van der Waals surface area contributed by atoms with Crippen molar-refractivity contribution in [2.24, 2.45) is 4.99 Å². The number of rotatable bonds is 5. The van der Waals surface area contributed by atoms with Crippen molar-refractivity contribution in [3.05, 3.63) is 59.1 Å². The molecule has 2 aromatic carbocycles. The lowest BCUT2D eigenvalue weighted by molar-refractivity contribution is 0.186. The summed E-state index contributed by atoms with van der Waals surface area (Å²) in [6.07, 6.45) is -0.745. The number of phenols is 1. The van der Waals surface area contributed by atoms with E-state index >= 15 is 0 Å². The van der Waals surface area contributed by atoms with Crippen LogP contribution >= 0.6 is 35.6 Å². The third kappa shape index (κ3) is 6.13. The van der Waals surface area contributed by atoms with Crippen LogP contribution in [0.1, 0.15) is 18.6 Å². The van der Waals surface area contributed by atoms with Crippen molar-refractivity contribution in [3.63, 3.8) is 0 Å². The highest BCUT2D eigenvalue weighted by molar-refractivity contribution is 14.0. The number of hydrogen-bond acceptors (Lipinski definition) is 4. The number of para-hydroxylation sites is 2. The van der Waals surface area contributed by atoms with Gasteiger partial charge in [-0.2, -0.15) is 0 Å². The minimum absolute atomic E-state index is 0. The average Bonchev–Trinajstić information content (AvgIpc) is 2.72. The maximum atomic E-state index is 10.5. The monoisotopic (exact) mass is 530 g/mol. The third-order valence-corrected chi connectivity index (χ3v) is 5.16. The number of phenolic OH excluding ortho intramolecular Hbond substituents is 1. The van der Waals surface area contributed by atoms with E-state index in [-0.39, 0.29) is 30.5 Å². The highest BCUT2D eigenvalue weighted by Crippen LogP contribution is 2.27. The standard InChI is InChI=1S/C21H27ClN4O2.HI/c1-2-23-21(24-15-20(28)16-7-3-4-8-17(16)22)26-13-11-25(12-14-26)18-9-5-6-10-19(18)27;/h3-10,20,27-28H,2,11-15H2,1H3,(H,23,24);1H. The number of aliphatic hydroxyl groups is 1. The van der Waals surface area contributed by atoms with Crippen LogP contribution in [-0.4, -0.2) is 60.3 Å². The number of aliphatic hydroxyl groups excluding tert-OH is 1. The Kier molecular flexibility index (Phi) is 9.32. The van der Waals surface area contributed by atoms with Gasteiger partial charge in [-0.05, 0) is 25.1 Å². The summed E-state index contributed by atoms with van der Waals surface area (Å²) in [4.78, 5) is 8.98. The van der Waals surface area contributed by atoms with Crippen molar-refractivity contribution < 1.29 is 10.2 Å². The van der Waals surface area contributed by atoms with Gasteiger partial charge in [-0.15, -0.1) is 24.0 Å². The Morgan fingerprint density at radius 2 is 1.76 bits per heavy atom. The highest BCUT2D eigenvalue weighted by Gasteiger charge is 2.21. The number of piperazine rings is 1. The van der Waals surface area contributed by atoms with E-state index in [0.29, 0.717) is 16.3 Å². The van der Waals surface area contributed by atoms with Crippen LogP contribution < -0.4 is 10.2 Å². The highest BCUT2D eigenvalue weighted by atomic mass is 127. The third-order valence-electron chi connectivity index (χ3n) is 4.81. The zero-order chi connectivity index (χ0) is 19.9. The molecule has 8 heteroatoms. The van der Waals surface area contributed by atoms with E-state index in [1.54, 1.807) is 12.1 Å². The van der Waals surface area contributed by atoms with Crippen LogP contribution in [0.5, 0.6) is 5.75 Å². The fourth-order valence-electron chi connectivity index (χ4n) is 3.33. The van der Waals surface area contributed by atoms with Gasteiger partial charge in [-0.1, -0.05) is 41.9 Å². The molecule has 3 rings (SSSR count). The molecule has 2 aromatic rings. The fourth-order valence-corrected chi connectivity index (χ4v) is 3.59. The molecule has 0 aromatic heterocycles. The molecule has 0 radical (unpaired) electrons. The van der Waals surface area contributed by atoms with Gasteiger partial charge in [0.25, 0.3) is 0 Å². The van der Waals surface area contributed by atoms with Crippen molar-refractivity contribution in [2.75, 3.05) is 44.2 Å². The molecule has 1 unspecified atom stereocenters. The van der Waals surface area contributed by atoms with Gasteiger partial charge in [0.05, 0.1) is 12.2 Å². The topological polar surface area (TPSA) is 71.3 Å². The minimum Gasteiger partial charge on any atom is -0.506 e. The molecule has 1 saturated heterocycles. The number of benzene rings is 2. The normalized spacial score (nSPS) is 15.6. The first kappa shape index (κ1) is 23.6. The van der Waals surface area contributed by atoms with Gasteiger partial charge in [0.15, 0.2) is 5.96 Å². The summed E-state index contributed by atoms with van der Waals surface area (Å²) in [5.74, 6) is 1.09. The van der Waals surface area contributed by atoms with Crippen molar-refractivity contribution in [2.45, 2.75) is 13.0 Å². The van der Waals surface area contributed by atoms with Gasteiger partial charge in [-0.3, -0.25) is 4.99 Å². The van der Waals surface area contributed by atoms with E-state index in [9.17, 15) is 10.2 Å². The van der Waals surface area contributed by atoms with Gasteiger partial charge < -0.3 is 25.3 Å². The summed E-state index contributed by atoms with van der Waals surface area (Å²) in [6.45, 7) is 6.15. The second kappa shape index (κ2) is 11.5. The smallest absolute Gasteiger partial charge is 0.194 e. The predicted molar refractivity (Wildman–Crippen MR) is 130 cm³/mol. The van der Waals surface area contributed by atoms with Crippen LogP contribution in [0.3, 0.4) is 0 Å². The molecule has 0 spiro atoms. The lowest BCUT2D eigenvalue weighted by Crippen LogP contribution is -2.52. The van der Waals surface area contributed by atoms with E-state index in [4.69, 9.17) is 11.6 Å². The van der Waals surface area contributed by atoms with Gasteiger partial charge in [0.2, 0.25) is 0 Å². The van der Waals surface area contributed by atoms with Crippen LogP contribution in [0.25, 0.3) is 0 Å². The Morgan fingerprint density at radius 3 is 2.41 bits per heavy atom. The molecule has 1 fully saturated rings. The van der Waals surface area contributed by atoms with Crippen LogP contribution in [0.2, 0.25) is 5.02 Å². The Morgan fingerprint density at radius 1 is 1.10 bits per heavy atom. The molecule has 1 heterocycles. The molecule has 1 atom stereocenters. The van der Waals surface area contributed by atoms with Crippen LogP contribution in [0.15, 0.2) is 53.5 Å². The number of anilines is 1. The van der Waals surface area contributed by atoms with Gasteiger partial charge in [-0.25, -0.2) is 0 Å². The van der Waals surface area contributed by atoms with E-state index in [1.807, 2.05) is 43.3 Å². The first-order valence-electron chi connectivity index (χ1n) is 9.59. The summed E-state index contributed by atoms with van der Waals surface area (Å²) in [5, 5.41) is 24.4. The number of aromatic hydroxyl groups is 1. The lowest BCUT2D eigenvalue weighted by Gasteiger charge is -2.38. The SMILES string of the molecule is CCNC(=NCC(O)c1ccccc1Cl)N1CCN(c2ccccc2O)CC1.I. The summed E-state index contributed by atoms with van der Waals surface area (Å²) in [5.41, 5.74) is 1.55. The summed E-state index contributed by atoms with van der Waals surface area (Å²) >= 11 is 6.17. The second-order valence-corrected chi connectivity index (χ2v) is 7.10. The Bertz CT molecular complexity index is 813. The van der Waals surface area contributed by atoms with Crippen molar-refractivity contribution in [3.8, 4) is 5.75 Å². The van der Waals surface area contributed by atoms with E-state index in [0.717, 1.165) is 44.4 Å². The molecule has 6 nitrogen and oxygen atoms in total. The van der Waals surface area contributed by atoms with Crippen molar-refractivity contribution >= 4 is 47.2 Å². The molecular formula is C21H28ClIN4O2. The van der Waals surface area contributed by atoms with Crippen molar-refractivity contribution in [1.82, 2.24) is 10.2 Å². The van der Waals surface area contributed by atoms with Gasteiger partial charge in [0.1, 0.15) is 11.9 Å². The number of nitrogens with one attached hydrogen (secondary N) is 1. The van der Waals surface area contributed by atoms with Crippen LogP contribution in [0.4, 0.5) is 5.69 Å². The number of guanidine groups is 1. The molecular weight excluding hydrogens is 503 g/mol. The van der Waals surface area contributed by atoms with E-state index < -0.39 is 6.10 Å². The maximum absolute atomic E-state index is 10.5. The van der Waals surface area contributed by atoms with Gasteiger partial charge >= 0.3 is 0 Å². The molecule has 3 N–H and O–H groups in total. The number of hydrogen-bond donors (Lipinski definition) is 3. The zero-order valence-electron chi connectivity index (χ0n) is 16.5. The predicted octanol–water partition coefficient (Wildman–Crippen LogP) is 3.48. The maximum Gasteiger partial charge on any atom is 0.194 e. The van der Waals surface area contributed by atoms with E-state index in [2.05, 4.69) is 20.1 Å². The Labute approximate surface area is 194 Å². The molecule has 29 heavy (non-hydrogen) atoms. The summed E-state index contributed by atoms with van der Waals surface area (Å²) < 4.78 is 0. The molecule has 0 amide bonds. The molecule has 158 valence electrons. The fraction of sp³-hybridized carbons (Fsp3) is 0.381. The Balaban J connectivity index is 0.00000300. The Hall–Kier alpha value is -1.71. The number of halogens is 2. The second-order valence-electron chi connectivity index (χ2n) is 6.69. The first-order valence-corrected chi connectivity index (χ1v) is 9.96.